The van der Waals surface area contributed by atoms with Gasteiger partial charge >= 0.3 is 0 Å². The second kappa shape index (κ2) is 15.3. The molecular weight excluding hydrogens is 493 g/mol. The molecule has 0 aromatic rings. The van der Waals surface area contributed by atoms with Crippen LogP contribution in [0.1, 0.15) is 40.5 Å². The van der Waals surface area contributed by atoms with Gasteiger partial charge in [-0.25, -0.2) is 0 Å². The first-order chi connectivity index (χ1) is 5.47. The molecule has 0 heterocycles. The maximum absolute atomic E-state index is 9.17. The summed E-state index contributed by atoms with van der Waals surface area (Å²) in [6.07, 6.45) is 2.74. The summed E-state index contributed by atoms with van der Waals surface area (Å²) in [6.45, 7) is 8.00. The molecule has 0 saturated carbocycles. The van der Waals surface area contributed by atoms with E-state index in [0.29, 0.717) is 5.86 Å². The number of carbonyl (C=O) groups is 1. The summed E-state index contributed by atoms with van der Waals surface area (Å²) in [5, 5.41) is 0. The summed E-state index contributed by atoms with van der Waals surface area (Å²) in [6, 6.07) is 0. The van der Waals surface area contributed by atoms with Crippen molar-refractivity contribution in [3.8, 4) is 0 Å². The van der Waals surface area contributed by atoms with Crippen molar-refractivity contribution < 1.29 is 4.79 Å². The third-order valence-corrected chi connectivity index (χ3v) is 2.86. The van der Waals surface area contributed by atoms with Gasteiger partial charge in [0.25, 0.3) is 0 Å². The Kier molecular flexibility index (Phi) is 24.8. The van der Waals surface area contributed by atoms with Crippen molar-refractivity contribution in [2.75, 3.05) is 0 Å². The van der Waals surface area contributed by atoms with E-state index in [4.69, 9.17) is 0 Å². The van der Waals surface area contributed by atoms with Crippen molar-refractivity contribution in [2.24, 2.45) is 0 Å². The Hall–Kier alpha value is 1.86. The van der Waals surface area contributed by atoms with Crippen LogP contribution in [0.4, 0.5) is 0 Å². The molecule has 1 nitrogen and oxygen atoms in total. The van der Waals surface area contributed by atoms with Crippen LogP contribution >= 0.6 is 67.8 Å². The van der Waals surface area contributed by atoms with Gasteiger partial charge in [0.2, 0.25) is 0 Å². The van der Waals surface area contributed by atoms with Crippen LogP contribution in [0.3, 0.4) is 0 Å². The van der Waals surface area contributed by atoms with Gasteiger partial charge in [0.05, 0.1) is 0 Å². The summed E-state index contributed by atoms with van der Waals surface area (Å²) in [4.78, 5) is 9.17. The number of alkyl halides is 3. The molecule has 76 valence electrons. The van der Waals surface area contributed by atoms with E-state index in [-0.39, 0.29) is 0 Å². The summed E-state index contributed by atoms with van der Waals surface area (Å²) >= 11 is 7.24. The smallest absolute Gasteiger partial charge is 0.124 e. The molecule has 0 aromatic carbocycles. The van der Waals surface area contributed by atoms with Gasteiger partial charge in [0.1, 0.15) is 5.72 Å². The highest BCUT2D eigenvalue weighted by Crippen LogP contribution is 2.38. The lowest BCUT2D eigenvalue weighted by Crippen LogP contribution is -1.91. The van der Waals surface area contributed by atoms with Crippen LogP contribution in [0, 0.1) is 0 Å². The Morgan fingerprint density at radius 2 is 1.33 bits per heavy atom. The summed E-state index contributed by atoms with van der Waals surface area (Å²) in [5.74, 6) is 0. The number of rotatable bonds is 2. The third-order valence-electron chi connectivity index (χ3n) is 0.568. The second-order valence-electron chi connectivity index (χ2n) is 1.54. The predicted octanol–water partition coefficient (Wildman–Crippen LogP) is 4.98. The fraction of sp³-hybridized carbons (Fsp3) is 0.875. The topological polar surface area (TPSA) is 17.1 Å². The van der Waals surface area contributed by atoms with Crippen molar-refractivity contribution in [3.63, 3.8) is 0 Å². The minimum Gasteiger partial charge on any atom is -0.303 e. The van der Waals surface area contributed by atoms with E-state index in [2.05, 4.69) is 74.7 Å². The van der Waals surface area contributed by atoms with E-state index in [1.165, 1.54) is 6.42 Å². The molecule has 0 unspecified atom stereocenters. The Balaban J connectivity index is -0.000000118. The molecule has 4 heteroatoms. The van der Waals surface area contributed by atoms with Crippen molar-refractivity contribution in [2.45, 2.75) is 40.0 Å². The second-order valence-corrected chi connectivity index (χ2v) is 13.3. The Bertz CT molecular complexity index is 78.9. The monoisotopic (exact) mass is 510 g/mol. The van der Waals surface area contributed by atoms with Crippen molar-refractivity contribution >= 4 is 74.1 Å². The normalized spacial score (nSPS) is 8.58. The average molecular weight is 510 g/mol. The zero-order valence-corrected chi connectivity index (χ0v) is 14.5. The van der Waals surface area contributed by atoms with Crippen molar-refractivity contribution in [1.29, 1.82) is 0 Å². The van der Waals surface area contributed by atoms with Crippen LogP contribution in [-0.2, 0) is 4.79 Å². The van der Waals surface area contributed by atoms with Gasteiger partial charge in [-0.05, 0) is 6.42 Å². The lowest BCUT2D eigenvalue weighted by Gasteiger charge is -2.04. The van der Waals surface area contributed by atoms with Crippen LogP contribution in [0.2, 0.25) is 0 Å². The molecule has 0 bridgehead atoms. The van der Waals surface area contributed by atoms with Crippen LogP contribution in [0.5, 0.6) is 0 Å². The number of carbonyl (C=O) groups excluding carboxylic acids is 1. The molecule has 0 atom stereocenters. The van der Waals surface area contributed by atoms with Crippen LogP contribution in [0.25, 0.3) is 0 Å². The molecule has 0 aliphatic carbocycles. The molecule has 0 spiro atoms. The molecule has 0 aromatic heterocycles. The van der Waals surface area contributed by atoms with Gasteiger partial charge in [0, 0.05) is 6.42 Å². The Morgan fingerprint density at radius 1 is 1.17 bits per heavy atom. The molecule has 0 saturated heterocycles. The van der Waals surface area contributed by atoms with E-state index in [0.717, 1.165) is 6.29 Å². The molecule has 0 aliphatic heterocycles. The molecule has 0 rings (SSSR count). The quantitative estimate of drug-likeness (QED) is 0.292. The van der Waals surface area contributed by atoms with E-state index < -0.39 is 0 Å². The number of hydrogen-bond donors (Lipinski definition) is 0. The van der Waals surface area contributed by atoms with Crippen molar-refractivity contribution in [1.82, 2.24) is 0 Å². The van der Waals surface area contributed by atoms with Gasteiger partial charge in [0.15, 0.2) is 0 Å². The Labute approximate surface area is 117 Å². The molecule has 0 aliphatic rings. The minimum atomic E-state index is 0.452. The standard InChI is InChI=1S/C3H5I3.C3H6O.C2H6/c1-2-3(4,5)6;1-2-3-4;1-2/h2H2,1H3;3H,2H2,1H3;1-2H3. The fourth-order valence-electron chi connectivity index (χ4n) is 0. The van der Waals surface area contributed by atoms with Gasteiger partial charge in [-0.2, -0.15) is 0 Å². The highest BCUT2D eigenvalue weighted by Gasteiger charge is 2.11. The first-order valence-electron chi connectivity index (χ1n) is 3.98. The van der Waals surface area contributed by atoms with Crippen molar-refractivity contribution in [3.05, 3.63) is 0 Å². The molecular formula is C8H17I3O. The third kappa shape index (κ3) is 40.7. The summed E-state index contributed by atoms with van der Waals surface area (Å²) < 4.78 is 0.452. The predicted molar refractivity (Wildman–Crippen MR) is 82.8 cm³/mol. The van der Waals surface area contributed by atoms with Crippen LogP contribution < -0.4 is 0 Å². The zero-order valence-electron chi connectivity index (χ0n) is 8.03. The van der Waals surface area contributed by atoms with E-state index in [1.54, 1.807) is 0 Å². The highest BCUT2D eigenvalue weighted by molar-refractivity contribution is 14.3. The molecule has 0 fully saturated rings. The maximum atomic E-state index is 9.17. The lowest BCUT2D eigenvalue weighted by molar-refractivity contribution is -0.107. The minimum absolute atomic E-state index is 0.452. The van der Waals surface area contributed by atoms with Crippen LogP contribution in [-0.4, -0.2) is 5.72 Å². The lowest BCUT2D eigenvalue weighted by atomic mass is 10.6. The van der Waals surface area contributed by atoms with Gasteiger partial charge < -0.3 is 4.79 Å². The van der Waals surface area contributed by atoms with E-state index in [1.807, 2.05) is 20.8 Å². The van der Waals surface area contributed by atoms with Crippen LogP contribution in [0.15, 0.2) is 0 Å². The zero-order chi connectivity index (χ0) is 10.6. The molecule has 12 heavy (non-hydrogen) atoms. The number of hydrogen-bond acceptors (Lipinski definition) is 1. The van der Waals surface area contributed by atoms with Gasteiger partial charge in [-0.3, -0.25) is 0 Å². The van der Waals surface area contributed by atoms with E-state index in [9.17, 15) is 4.79 Å². The molecule has 0 amide bonds. The molecule has 0 radical (unpaired) electrons. The van der Waals surface area contributed by atoms with E-state index >= 15 is 0 Å². The number of halogens is 3. The first kappa shape index (κ1) is 19.4. The fourth-order valence-corrected chi connectivity index (χ4v) is 0. The maximum Gasteiger partial charge on any atom is 0.124 e. The van der Waals surface area contributed by atoms with Gasteiger partial charge in [-0.15, -0.1) is 0 Å². The molecule has 0 N–H and O–H groups in total. The average Bonchev–Trinajstić information content (AvgIpc) is 2.07. The first-order valence-corrected chi connectivity index (χ1v) is 7.21. The Morgan fingerprint density at radius 3 is 1.33 bits per heavy atom. The number of aldehydes is 1. The summed E-state index contributed by atoms with van der Waals surface area (Å²) in [5.41, 5.74) is 0. The summed E-state index contributed by atoms with van der Waals surface area (Å²) in [7, 11) is 0. The highest BCUT2D eigenvalue weighted by atomic mass is 127. The largest absolute Gasteiger partial charge is 0.303 e. The SMILES string of the molecule is CC.CCC(I)(I)I.CCC=O. The van der Waals surface area contributed by atoms with Gasteiger partial charge in [-0.1, -0.05) is 95.5 Å².